The summed E-state index contributed by atoms with van der Waals surface area (Å²) in [6.45, 7) is 0. The smallest absolute Gasteiger partial charge is 0.372 e. The van der Waals surface area contributed by atoms with Crippen LogP contribution in [0.4, 0.5) is 0 Å². The van der Waals surface area contributed by atoms with E-state index in [-0.39, 0.29) is 6.42 Å². The Morgan fingerprint density at radius 1 is 1.00 bits per heavy atom. The Morgan fingerprint density at radius 2 is 1.54 bits per heavy atom. The third-order valence-corrected chi connectivity index (χ3v) is 2.04. The predicted octanol–water partition coefficient (Wildman–Crippen LogP) is 2.22. The number of ketones is 1. The van der Waals surface area contributed by atoms with E-state index in [2.05, 4.69) is 0 Å². The minimum Gasteiger partial charge on any atom is -0.476 e. The van der Waals surface area contributed by atoms with Crippen LogP contribution in [0.25, 0.3) is 0 Å². The van der Waals surface area contributed by atoms with E-state index in [1.807, 2.05) is 0 Å². The van der Waals surface area contributed by atoms with Crippen molar-refractivity contribution in [3.05, 3.63) is 0 Å². The first kappa shape index (κ1) is 12.4. The van der Waals surface area contributed by atoms with Crippen LogP contribution >= 0.6 is 11.6 Å². The summed E-state index contributed by atoms with van der Waals surface area (Å²) in [5, 5.41) is 8.26. The lowest BCUT2D eigenvalue weighted by atomic mass is 10.1. The van der Waals surface area contributed by atoms with Gasteiger partial charge in [0.15, 0.2) is 0 Å². The normalized spacial score (nSPS) is 9.92. The van der Waals surface area contributed by atoms with Crippen molar-refractivity contribution in [2.75, 3.05) is 5.88 Å². The van der Waals surface area contributed by atoms with Gasteiger partial charge in [0.2, 0.25) is 5.78 Å². The van der Waals surface area contributed by atoms with E-state index in [0.717, 1.165) is 25.7 Å². The Labute approximate surface area is 83.1 Å². The van der Waals surface area contributed by atoms with Crippen molar-refractivity contribution in [2.24, 2.45) is 0 Å². The van der Waals surface area contributed by atoms with Gasteiger partial charge in [0, 0.05) is 12.3 Å². The lowest BCUT2D eigenvalue weighted by Gasteiger charge is -1.97. The van der Waals surface area contributed by atoms with Crippen LogP contribution in [-0.4, -0.2) is 22.7 Å². The number of hydrogen-bond donors (Lipinski definition) is 1. The maximum atomic E-state index is 10.6. The third-order valence-electron chi connectivity index (χ3n) is 1.78. The van der Waals surface area contributed by atoms with Gasteiger partial charge in [-0.15, -0.1) is 11.6 Å². The molecule has 0 aliphatic carbocycles. The number of carbonyl (C=O) groups excluding carboxylic acids is 1. The first-order chi connectivity index (χ1) is 6.18. The molecule has 76 valence electrons. The van der Waals surface area contributed by atoms with E-state index in [9.17, 15) is 9.59 Å². The number of carboxylic acid groups (broad SMARTS) is 1. The van der Waals surface area contributed by atoms with E-state index < -0.39 is 11.8 Å². The van der Waals surface area contributed by atoms with Gasteiger partial charge in [-0.2, -0.15) is 0 Å². The fourth-order valence-electron chi connectivity index (χ4n) is 1.02. The molecular formula is C9H15ClO3. The number of carboxylic acids is 1. The molecule has 1 N–H and O–H groups in total. The highest BCUT2D eigenvalue weighted by Gasteiger charge is 2.09. The molecule has 0 bridgehead atoms. The van der Waals surface area contributed by atoms with Gasteiger partial charge in [-0.25, -0.2) is 4.79 Å². The van der Waals surface area contributed by atoms with Crippen molar-refractivity contribution in [1.29, 1.82) is 0 Å². The molecule has 0 aromatic carbocycles. The second-order valence-corrected chi connectivity index (χ2v) is 3.31. The van der Waals surface area contributed by atoms with Gasteiger partial charge in [0.05, 0.1) is 0 Å². The molecule has 0 heterocycles. The number of Topliss-reactive ketones (excluding diaryl/α,β-unsaturated/α-hetero) is 1. The largest absolute Gasteiger partial charge is 0.476 e. The van der Waals surface area contributed by atoms with Crippen LogP contribution in [0.15, 0.2) is 0 Å². The number of carbonyl (C=O) groups is 2. The standard InChI is InChI=1S/C9H15ClO3/c10-7-5-3-1-2-4-6-8(11)9(12)13/h1-7H2,(H,12,13). The highest BCUT2D eigenvalue weighted by molar-refractivity contribution is 6.32. The van der Waals surface area contributed by atoms with Crippen LogP contribution in [0.3, 0.4) is 0 Å². The predicted molar refractivity (Wildman–Crippen MR) is 51.1 cm³/mol. The fourth-order valence-corrected chi connectivity index (χ4v) is 1.21. The Bertz CT molecular complexity index is 168. The van der Waals surface area contributed by atoms with E-state index in [1.165, 1.54) is 0 Å². The van der Waals surface area contributed by atoms with Gasteiger partial charge in [-0.3, -0.25) is 4.79 Å². The van der Waals surface area contributed by atoms with E-state index in [1.54, 1.807) is 0 Å². The molecule has 0 aromatic rings. The summed E-state index contributed by atoms with van der Waals surface area (Å²) >= 11 is 5.47. The molecular weight excluding hydrogens is 192 g/mol. The number of alkyl halides is 1. The summed E-state index contributed by atoms with van der Waals surface area (Å²) in [6, 6.07) is 0. The van der Waals surface area contributed by atoms with Gasteiger partial charge in [-0.1, -0.05) is 19.3 Å². The SMILES string of the molecule is O=C(O)C(=O)CCCCCCCCl. The van der Waals surface area contributed by atoms with Crippen LogP contribution in [-0.2, 0) is 9.59 Å². The molecule has 0 unspecified atom stereocenters. The summed E-state index contributed by atoms with van der Waals surface area (Å²) < 4.78 is 0. The Kier molecular flexibility index (Phi) is 7.69. The van der Waals surface area contributed by atoms with E-state index >= 15 is 0 Å². The summed E-state index contributed by atoms with van der Waals surface area (Å²) in [5.41, 5.74) is 0. The van der Waals surface area contributed by atoms with Crippen LogP contribution < -0.4 is 0 Å². The van der Waals surface area contributed by atoms with Crippen LogP contribution in [0, 0.1) is 0 Å². The maximum absolute atomic E-state index is 10.6. The average Bonchev–Trinajstić information content (AvgIpc) is 2.10. The summed E-state index contributed by atoms with van der Waals surface area (Å²) in [7, 11) is 0. The van der Waals surface area contributed by atoms with Gasteiger partial charge in [0.1, 0.15) is 0 Å². The molecule has 0 amide bonds. The number of aliphatic carboxylic acids is 1. The van der Waals surface area contributed by atoms with Crippen molar-refractivity contribution in [3.8, 4) is 0 Å². The average molecular weight is 207 g/mol. The molecule has 0 rings (SSSR count). The molecule has 0 spiro atoms. The number of unbranched alkanes of at least 4 members (excludes halogenated alkanes) is 4. The van der Waals surface area contributed by atoms with Crippen molar-refractivity contribution >= 4 is 23.4 Å². The van der Waals surface area contributed by atoms with Crippen molar-refractivity contribution in [1.82, 2.24) is 0 Å². The van der Waals surface area contributed by atoms with Crippen molar-refractivity contribution in [2.45, 2.75) is 38.5 Å². The zero-order valence-corrected chi connectivity index (χ0v) is 8.35. The summed E-state index contributed by atoms with van der Waals surface area (Å²) in [6.07, 6.45) is 4.83. The van der Waals surface area contributed by atoms with Gasteiger partial charge in [0.25, 0.3) is 0 Å². The van der Waals surface area contributed by atoms with Crippen molar-refractivity contribution in [3.63, 3.8) is 0 Å². The van der Waals surface area contributed by atoms with Gasteiger partial charge in [-0.05, 0) is 12.8 Å². The molecule has 0 radical (unpaired) electrons. The highest BCUT2D eigenvalue weighted by Crippen LogP contribution is 2.06. The zero-order valence-electron chi connectivity index (χ0n) is 7.59. The molecule has 4 heteroatoms. The van der Waals surface area contributed by atoms with Crippen molar-refractivity contribution < 1.29 is 14.7 Å². The second-order valence-electron chi connectivity index (χ2n) is 2.94. The van der Waals surface area contributed by atoms with Crippen LogP contribution in [0.1, 0.15) is 38.5 Å². The second kappa shape index (κ2) is 8.05. The molecule has 0 atom stereocenters. The molecule has 0 aliphatic heterocycles. The third kappa shape index (κ3) is 7.78. The molecule has 0 fully saturated rings. The number of rotatable bonds is 8. The highest BCUT2D eigenvalue weighted by atomic mass is 35.5. The number of halogens is 1. The zero-order chi connectivity index (χ0) is 10.1. The quantitative estimate of drug-likeness (QED) is 0.376. The molecule has 0 aromatic heterocycles. The molecule has 13 heavy (non-hydrogen) atoms. The Morgan fingerprint density at radius 3 is 2.08 bits per heavy atom. The first-order valence-electron chi connectivity index (χ1n) is 4.50. The molecule has 3 nitrogen and oxygen atoms in total. The van der Waals surface area contributed by atoms with Crippen LogP contribution in [0.2, 0.25) is 0 Å². The molecule has 0 saturated heterocycles. The monoisotopic (exact) mass is 206 g/mol. The van der Waals surface area contributed by atoms with E-state index in [4.69, 9.17) is 16.7 Å². The summed E-state index contributed by atoms with van der Waals surface area (Å²) in [5.74, 6) is -1.33. The fraction of sp³-hybridized carbons (Fsp3) is 0.778. The topological polar surface area (TPSA) is 54.4 Å². The van der Waals surface area contributed by atoms with Crippen LogP contribution in [0.5, 0.6) is 0 Å². The van der Waals surface area contributed by atoms with Gasteiger partial charge >= 0.3 is 5.97 Å². The lowest BCUT2D eigenvalue weighted by molar-refractivity contribution is -0.149. The van der Waals surface area contributed by atoms with Gasteiger partial charge < -0.3 is 5.11 Å². The Hall–Kier alpha value is -0.570. The minimum absolute atomic E-state index is 0.163. The lowest BCUT2D eigenvalue weighted by Crippen LogP contribution is -2.11. The minimum atomic E-state index is -1.32. The molecule has 0 aliphatic rings. The first-order valence-corrected chi connectivity index (χ1v) is 5.04. The number of hydrogen-bond acceptors (Lipinski definition) is 2. The maximum Gasteiger partial charge on any atom is 0.372 e. The molecule has 0 saturated carbocycles. The summed E-state index contributed by atoms with van der Waals surface area (Å²) in [4.78, 5) is 20.7. The Balaban J connectivity index is 3.16. The van der Waals surface area contributed by atoms with E-state index in [0.29, 0.717) is 12.3 Å².